The molecule has 0 aromatic carbocycles. The third-order valence-corrected chi connectivity index (χ3v) is 4.19. The van der Waals surface area contributed by atoms with Crippen LogP contribution in [0.5, 0.6) is 0 Å². The van der Waals surface area contributed by atoms with E-state index in [1.807, 2.05) is 0 Å². The molecule has 0 unspecified atom stereocenters. The Labute approximate surface area is 103 Å². The summed E-state index contributed by atoms with van der Waals surface area (Å²) in [5.41, 5.74) is 0.428. The maximum atomic E-state index is 11.7. The van der Waals surface area contributed by atoms with Gasteiger partial charge in [0.1, 0.15) is 5.15 Å². The zero-order chi connectivity index (χ0) is 11.3. The van der Waals surface area contributed by atoms with E-state index in [0.29, 0.717) is 11.3 Å². The van der Waals surface area contributed by atoms with Crippen LogP contribution in [0.4, 0.5) is 0 Å². The molecule has 1 spiro atoms. The minimum atomic E-state index is -0.234. The number of aromatic nitrogens is 2. The molecule has 5 heteroatoms. The lowest BCUT2D eigenvalue weighted by molar-refractivity contribution is 0.147. The monoisotopic (exact) mass is 258 g/mol. The topological polar surface area (TPSA) is 34.9 Å². The Morgan fingerprint density at radius 2 is 2.12 bits per heavy atom. The Bertz CT molecular complexity index is 485. The van der Waals surface area contributed by atoms with Gasteiger partial charge in [0.25, 0.3) is 5.56 Å². The first-order chi connectivity index (χ1) is 7.58. The van der Waals surface area contributed by atoms with Gasteiger partial charge in [-0.15, -0.1) is 0 Å². The average molecular weight is 259 g/mol. The van der Waals surface area contributed by atoms with E-state index in [-0.39, 0.29) is 15.9 Å². The summed E-state index contributed by atoms with van der Waals surface area (Å²) in [6.07, 6.45) is 6.81. The van der Waals surface area contributed by atoms with Crippen molar-refractivity contribution >= 4 is 23.2 Å². The largest absolute Gasteiger partial charge is 0.310 e. The SMILES string of the molecule is O=c1c(Cl)nc(Cl)cn1CC1CC2(CC2)C1. The van der Waals surface area contributed by atoms with Gasteiger partial charge in [0.2, 0.25) is 0 Å². The van der Waals surface area contributed by atoms with Crippen molar-refractivity contribution in [3.8, 4) is 0 Å². The fraction of sp³-hybridized carbons (Fsp3) is 0.636. The highest BCUT2D eigenvalue weighted by Gasteiger charge is 2.52. The fourth-order valence-corrected chi connectivity index (χ4v) is 3.21. The van der Waals surface area contributed by atoms with Crippen LogP contribution in [0.1, 0.15) is 25.7 Å². The Morgan fingerprint density at radius 3 is 2.75 bits per heavy atom. The lowest BCUT2D eigenvalue weighted by Crippen LogP contribution is -2.33. The van der Waals surface area contributed by atoms with E-state index in [2.05, 4.69) is 4.98 Å². The maximum absolute atomic E-state index is 11.7. The van der Waals surface area contributed by atoms with Crippen molar-refractivity contribution in [2.24, 2.45) is 11.3 Å². The number of hydrogen-bond acceptors (Lipinski definition) is 2. The molecule has 86 valence electrons. The molecule has 1 heterocycles. The van der Waals surface area contributed by atoms with Crippen molar-refractivity contribution < 1.29 is 0 Å². The van der Waals surface area contributed by atoms with Crippen molar-refractivity contribution in [3.63, 3.8) is 0 Å². The van der Waals surface area contributed by atoms with Gasteiger partial charge in [0.05, 0.1) is 0 Å². The molecular formula is C11H12Cl2N2O. The van der Waals surface area contributed by atoms with Gasteiger partial charge in [-0.25, -0.2) is 4.98 Å². The number of rotatable bonds is 2. The van der Waals surface area contributed by atoms with Crippen LogP contribution in [-0.2, 0) is 6.54 Å². The van der Waals surface area contributed by atoms with E-state index in [9.17, 15) is 4.79 Å². The molecule has 0 aliphatic heterocycles. The predicted molar refractivity (Wildman–Crippen MR) is 62.9 cm³/mol. The molecular weight excluding hydrogens is 247 g/mol. The standard InChI is InChI=1S/C11H12Cl2N2O/c12-8-6-15(10(16)9(13)14-8)5-7-3-11(4-7)1-2-11/h6-7H,1-5H2. The molecule has 2 aliphatic carbocycles. The van der Waals surface area contributed by atoms with E-state index >= 15 is 0 Å². The van der Waals surface area contributed by atoms with Crippen molar-refractivity contribution in [1.82, 2.24) is 9.55 Å². The summed E-state index contributed by atoms with van der Waals surface area (Å²) in [5, 5.41) is 0.248. The smallest absolute Gasteiger partial charge is 0.288 e. The molecule has 2 fully saturated rings. The van der Waals surface area contributed by atoms with Crippen molar-refractivity contribution in [3.05, 3.63) is 26.9 Å². The first-order valence-electron chi connectivity index (χ1n) is 5.50. The van der Waals surface area contributed by atoms with Crippen LogP contribution in [0.2, 0.25) is 10.3 Å². The first-order valence-corrected chi connectivity index (χ1v) is 6.26. The van der Waals surface area contributed by atoms with E-state index < -0.39 is 0 Å². The molecule has 0 N–H and O–H groups in total. The van der Waals surface area contributed by atoms with Crippen LogP contribution in [0.25, 0.3) is 0 Å². The number of hydrogen-bond donors (Lipinski definition) is 0. The van der Waals surface area contributed by atoms with Gasteiger partial charge in [0, 0.05) is 12.7 Å². The molecule has 3 nitrogen and oxygen atoms in total. The molecule has 1 aromatic heterocycles. The molecule has 0 atom stereocenters. The Kier molecular flexibility index (Phi) is 2.30. The fourth-order valence-electron chi connectivity index (χ4n) is 2.77. The van der Waals surface area contributed by atoms with Crippen LogP contribution in [-0.4, -0.2) is 9.55 Å². The van der Waals surface area contributed by atoms with Gasteiger partial charge >= 0.3 is 0 Å². The third kappa shape index (κ3) is 1.76. The Balaban J connectivity index is 1.76. The van der Waals surface area contributed by atoms with Gasteiger partial charge in [-0.1, -0.05) is 23.2 Å². The second-order valence-corrected chi connectivity index (χ2v) is 5.83. The molecule has 2 aliphatic rings. The van der Waals surface area contributed by atoms with Gasteiger partial charge in [0.15, 0.2) is 5.15 Å². The van der Waals surface area contributed by atoms with E-state index in [1.54, 1.807) is 10.8 Å². The zero-order valence-corrected chi connectivity index (χ0v) is 10.3. The van der Waals surface area contributed by atoms with Crippen molar-refractivity contribution in [2.45, 2.75) is 32.2 Å². The highest BCUT2D eigenvalue weighted by atomic mass is 35.5. The first kappa shape index (κ1) is 10.6. The summed E-state index contributed by atoms with van der Waals surface area (Å²) in [6.45, 7) is 0.725. The molecule has 1 aromatic rings. The molecule has 0 bridgehead atoms. The molecule has 0 radical (unpaired) electrons. The predicted octanol–water partition coefficient (Wildman–Crippen LogP) is 2.74. The van der Waals surface area contributed by atoms with Crippen LogP contribution in [0, 0.1) is 11.3 Å². The van der Waals surface area contributed by atoms with Gasteiger partial charge in [-0.2, -0.15) is 0 Å². The minimum absolute atomic E-state index is 0.0343. The Morgan fingerprint density at radius 1 is 1.44 bits per heavy atom. The maximum Gasteiger partial charge on any atom is 0.288 e. The summed E-state index contributed by atoms with van der Waals surface area (Å²) in [6, 6.07) is 0. The summed E-state index contributed by atoms with van der Waals surface area (Å²) < 4.78 is 1.59. The van der Waals surface area contributed by atoms with Crippen LogP contribution in [0.15, 0.2) is 11.0 Å². The van der Waals surface area contributed by atoms with E-state index in [1.165, 1.54) is 25.7 Å². The van der Waals surface area contributed by atoms with Gasteiger partial charge in [-0.3, -0.25) is 4.79 Å². The lowest BCUT2D eigenvalue weighted by Gasteiger charge is -2.36. The van der Waals surface area contributed by atoms with Crippen LogP contribution in [0.3, 0.4) is 0 Å². The molecule has 16 heavy (non-hydrogen) atoms. The molecule has 2 saturated carbocycles. The van der Waals surface area contributed by atoms with Crippen molar-refractivity contribution in [2.75, 3.05) is 0 Å². The third-order valence-electron chi connectivity index (χ3n) is 3.76. The van der Waals surface area contributed by atoms with Crippen molar-refractivity contribution in [1.29, 1.82) is 0 Å². The number of nitrogens with zero attached hydrogens (tertiary/aromatic N) is 2. The number of halogens is 2. The van der Waals surface area contributed by atoms with E-state index in [0.717, 1.165) is 6.54 Å². The summed E-state index contributed by atoms with van der Waals surface area (Å²) >= 11 is 11.5. The van der Waals surface area contributed by atoms with E-state index in [4.69, 9.17) is 23.2 Å². The highest BCUT2D eigenvalue weighted by Crippen LogP contribution is 2.63. The summed E-state index contributed by atoms with van der Waals surface area (Å²) in [7, 11) is 0. The van der Waals surface area contributed by atoms with Gasteiger partial charge < -0.3 is 4.57 Å². The zero-order valence-electron chi connectivity index (χ0n) is 8.75. The lowest BCUT2D eigenvalue weighted by atomic mass is 9.72. The van der Waals surface area contributed by atoms with Gasteiger partial charge in [-0.05, 0) is 37.0 Å². The second kappa shape index (κ2) is 3.47. The normalized spacial score (nSPS) is 22.1. The second-order valence-electron chi connectivity index (χ2n) is 5.09. The molecule has 0 saturated heterocycles. The summed E-state index contributed by atoms with van der Waals surface area (Å²) in [5.74, 6) is 0.606. The van der Waals surface area contributed by atoms with Crippen LogP contribution < -0.4 is 5.56 Å². The summed E-state index contributed by atoms with van der Waals surface area (Å²) in [4.78, 5) is 15.4. The molecule has 0 amide bonds. The quantitative estimate of drug-likeness (QED) is 0.818. The Hall–Kier alpha value is -0.540. The van der Waals surface area contributed by atoms with Crippen LogP contribution >= 0.6 is 23.2 Å². The minimum Gasteiger partial charge on any atom is -0.310 e. The average Bonchev–Trinajstić information content (AvgIpc) is 2.92. The highest BCUT2D eigenvalue weighted by molar-refractivity contribution is 6.32. The molecule has 3 rings (SSSR count).